The maximum absolute atomic E-state index is 13.8. The Labute approximate surface area is 133 Å². The molecule has 2 aromatic rings. The lowest BCUT2D eigenvalue weighted by molar-refractivity contribution is 0.403. The first-order valence-corrected chi connectivity index (χ1v) is 8.89. The van der Waals surface area contributed by atoms with Crippen molar-refractivity contribution in [3.8, 4) is 11.3 Å². The summed E-state index contributed by atoms with van der Waals surface area (Å²) < 4.78 is 39.9. The molecule has 2 heterocycles. The van der Waals surface area contributed by atoms with E-state index in [1.165, 1.54) is 27.2 Å². The summed E-state index contributed by atoms with van der Waals surface area (Å²) in [4.78, 5) is 11.9. The van der Waals surface area contributed by atoms with Crippen LogP contribution in [0.4, 0.5) is 4.39 Å². The van der Waals surface area contributed by atoms with Crippen molar-refractivity contribution in [1.29, 1.82) is 0 Å². The fraction of sp³-hybridized carbons (Fsp3) is 0.333. The van der Waals surface area contributed by atoms with Crippen LogP contribution in [-0.2, 0) is 16.6 Å². The number of rotatable bonds is 4. The van der Waals surface area contributed by atoms with Crippen molar-refractivity contribution >= 4 is 10.0 Å². The molecule has 0 radical (unpaired) electrons. The van der Waals surface area contributed by atoms with Gasteiger partial charge in [0.15, 0.2) is 0 Å². The molecule has 0 atom stereocenters. The molecule has 1 aromatic carbocycles. The Bertz CT molecular complexity index is 880. The van der Waals surface area contributed by atoms with Gasteiger partial charge in [-0.25, -0.2) is 21.8 Å². The average Bonchev–Trinajstić information content (AvgIpc) is 2.86. The Morgan fingerprint density at radius 1 is 1.13 bits per heavy atom. The van der Waals surface area contributed by atoms with Crippen molar-refractivity contribution in [3.63, 3.8) is 0 Å². The highest BCUT2D eigenvalue weighted by Crippen LogP contribution is 2.19. The Balaban J connectivity index is 1.84. The molecule has 3 rings (SSSR count). The highest BCUT2D eigenvalue weighted by atomic mass is 32.2. The van der Waals surface area contributed by atoms with Gasteiger partial charge >= 0.3 is 0 Å². The first-order valence-electron chi connectivity index (χ1n) is 7.28. The van der Waals surface area contributed by atoms with Crippen molar-refractivity contribution in [2.75, 3.05) is 18.8 Å². The Morgan fingerprint density at radius 2 is 1.91 bits per heavy atom. The molecule has 1 fully saturated rings. The number of nitrogens with zero attached hydrogens (tertiary/aromatic N) is 3. The normalized spacial score (nSPS) is 17.4. The SMILES string of the molecule is O=c1ccc(-c2ccccc2F)nn1CCN1CCCS1(=O)=O. The summed E-state index contributed by atoms with van der Waals surface area (Å²) in [5.41, 5.74) is 0.295. The maximum Gasteiger partial charge on any atom is 0.266 e. The first-order chi connectivity index (χ1) is 11.0. The monoisotopic (exact) mass is 337 g/mol. The van der Waals surface area contributed by atoms with E-state index in [2.05, 4.69) is 5.10 Å². The molecule has 122 valence electrons. The van der Waals surface area contributed by atoms with Gasteiger partial charge < -0.3 is 0 Å². The molecule has 0 aliphatic carbocycles. The quantitative estimate of drug-likeness (QED) is 0.837. The van der Waals surface area contributed by atoms with Gasteiger partial charge in [0.2, 0.25) is 10.0 Å². The number of hydrogen-bond donors (Lipinski definition) is 0. The Hall–Kier alpha value is -2.06. The fourth-order valence-corrected chi connectivity index (χ4v) is 4.09. The third-order valence-corrected chi connectivity index (χ3v) is 5.74. The highest BCUT2D eigenvalue weighted by Gasteiger charge is 2.27. The fourth-order valence-electron chi connectivity index (χ4n) is 2.57. The van der Waals surface area contributed by atoms with Crippen LogP contribution in [0.2, 0.25) is 0 Å². The zero-order chi connectivity index (χ0) is 16.4. The van der Waals surface area contributed by atoms with Crippen LogP contribution in [0.15, 0.2) is 41.2 Å². The summed E-state index contributed by atoms with van der Waals surface area (Å²) in [5, 5.41) is 4.15. The zero-order valence-electron chi connectivity index (χ0n) is 12.4. The van der Waals surface area contributed by atoms with Gasteiger partial charge in [-0.1, -0.05) is 12.1 Å². The van der Waals surface area contributed by atoms with Crippen LogP contribution in [-0.4, -0.2) is 41.3 Å². The summed E-state index contributed by atoms with van der Waals surface area (Å²) in [6, 6.07) is 8.94. The summed E-state index contributed by atoms with van der Waals surface area (Å²) in [5.74, 6) is -0.280. The number of aromatic nitrogens is 2. The van der Waals surface area contributed by atoms with E-state index >= 15 is 0 Å². The van der Waals surface area contributed by atoms with Crippen molar-refractivity contribution in [3.05, 3.63) is 52.6 Å². The molecule has 1 aromatic heterocycles. The smallest absolute Gasteiger partial charge is 0.266 e. The van der Waals surface area contributed by atoms with Gasteiger partial charge in [-0.2, -0.15) is 5.10 Å². The number of sulfonamides is 1. The van der Waals surface area contributed by atoms with Gasteiger partial charge in [0.05, 0.1) is 18.0 Å². The molecule has 0 spiro atoms. The van der Waals surface area contributed by atoms with Crippen LogP contribution < -0.4 is 5.56 Å². The molecule has 0 N–H and O–H groups in total. The lowest BCUT2D eigenvalue weighted by Crippen LogP contribution is -2.33. The van der Waals surface area contributed by atoms with Crippen molar-refractivity contribution in [2.45, 2.75) is 13.0 Å². The minimum atomic E-state index is -3.21. The van der Waals surface area contributed by atoms with Crippen molar-refractivity contribution in [1.82, 2.24) is 14.1 Å². The van der Waals surface area contributed by atoms with E-state index in [1.807, 2.05) is 0 Å². The zero-order valence-corrected chi connectivity index (χ0v) is 13.2. The van der Waals surface area contributed by atoms with Gasteiger partial charge in [0.25, 0.3) is 5.56 Å². The molecule has 1 aliphatic rings. The largest absolute Gasteiger partial charge is 0.268 e. The number of hydrogen-bond acceptors (Lipinski definition) is 4. The van der Waals surface area contributed by atoms with Crippen LogP contribution in [0, 0.1) is 5.82 Å². The minimum Gasteiger partial charge on any atom is -0.268 e. The first kappa shape index (κ1) is 15.8. The topological polar surface area (TPSA) is 72.3 Å². The molecule has 1 saturated heterocycles. The number of benzene rings is 1. The van der Waals surface area contributed by atoms with Crippen LogP contribution >= 0.6 is 0 Å². The van der Waals surface area contributed by atoms with Crippen molar-refractivity contribution < 1.29 is 12.8 Å². The molecule has 6 nitrogen and oxygen atoms in total. The van der Waals surface area contributed by atoms with E-state index in [-0.39, 0.29) is 24.4 Å². The second-order valence-corrected chi connectivity index (χ2v) is 7.42. The lowest BCUT2D eigenvalue weighted by Gasteiger charge is -2.14. The van der Waals surface area contributed by atoms with Crippen LogP contribution in [0.1, 0.15) is 6.42 Å². The van der Waals surface area contributed by atoms with E-state index in [9.17, 15) is 17.6 Å². The molecule has 0 bridgehead atoms. The standard InChI is InChI=1S/C15H16FN3O3S/c16-13-5-2-1-4-12(13)14-6-7-15(20)19(17-14)10-9-18-8-3-11-23(18,21)22/h1-2,4-7H,3,8-11H2. The lowest BCUT2D eigenvalue weighted by atomic mass is 10.1. The molecular formula is C15H16FN3O3S. The van der Waals surface area contributed by atoms with Gasteiger partial charge in [0, 0.05) is 24.7 Å². The van der Waals surface area contributed by atoms with Gasteiger partial charge in [-0.15, -0.1) is 0 Å². The van der Waals surface area contributed by atoms with Gasteiger partial charge in [-0.3, -0.25) is 4.79 Å². The number of halogens is 1. The molecular weight excluding hydrogens is 321 g/mol. The highest BCUT2D eigenvalue weighted by molar-refractivity contribution is 7.89. The van der Waals surface area contributed by atoms with E-state index < -0.39 is 15.8 Å². The summed E-state index contributed by atoms with van der Waals surface area (Å²) in [6.45, 7) is 0.792. The molecule has 8 heteroatoms. The van der Waals surface area contributed by atoms with Crippen LogP contribution in [0.3, 0.4) is 0 Å². The van der Waals surface area contributed by atoms with Crippen LogP contribution in [0.5, 0.6) is 0 Å². The van der Waals surface area contributed by atoms with Gasteiger partial charge in [0.1, 0.15) is 5.82 Å². The third kappa shape index (κ3) is 3.32. The third-order valence-electron chi connectivity index (χ3n) is 3.78. The van der Waals surface area contributed by atoms with Crippen molar-refractivity contribution in [2.24, 2.45) is 0 Å². The second-order valence-electron chi connectivity index (χ2n) is 5.33. The molecule has 0 unspecified atom stereocenters. The Morgan fingerprint density at radius 3 is 2.61 bits per heavy atom. The summed E-state index contributed by atoms with van der Waals surface area (Å²) >= 11 is 0. The van der Waals surface area contributed by atoms with E-state index in [0.29, 0.717) is 24.2 Å². The minimum absolute atomic E-state index is 0.139. The maximum atomic E-state index is 13.8. The Kier molecular flexibility index (Phi) is 4.27. The van der Waals surface area contributed by atoms with E-state index in [0.717, 1.165) is 0 Å². The predicted molar refractivity (Wildman–Crippen MR) is 83.9 cm³/mol. The molecule has 0 saturated carbocycles. The van der Waals surface area contributed by atoms with E-state index in [1.54, 1.807) is 18.2 Å². The summed E-state index contributed by atoms with van der Waals surface area (Å²) in [6.07, 6.45) is 0.597. The molecule has 1 aliphatic heterocycles. The second kappa shape index (κ2) is 6.21. The van der Waals surface area contributed by atoms with E-state index in [4.69, 9.17) is 0 Å². The summed E-state index contributed by atoms with van der Waals surface area (Å²) in [7, 11) is -3.21. The molecule has 23 heavy (non-hydrogen) atoms. The molecule has 0 amide bonds. The van der Waals surface area contributed by atoms with Crippen LogP contribution in [0.25, 0.3) is 11.3 Å². The van der Waals surface area contributed by atoms with Gasteiger partial charge in [-0.05, 0) is 24.6 Å². The predicted octanol–water partition coefficient (Wildman–Crippen LogP) is 1.08. The average molecular weight is 337 g/mol.